The fourth-order valence-corrected chi connectivity index (χ4v) is 1.62. The number of rotatable bonds is 7. The molecule has 0 bridgehead atoms. The maximum Gasteiger partial charge on any atom is 0.0707 e. The second-order valence-corrected chi connectivity index (χ2v) is 5.59. The second-order valence-electron chi connectivity index (χ2n) is 5.22. The molecule has 0 saturated heterocycles. The minimum atomic E-state index is -0.0651. The zero-order valence-corrected chi connectivity index (χ0v) is 11.6. The van der Waals surface area contributed by atoms with E-state index in [2.05, 4.69) is 47.2 Å². The van der Waals surface area contributed by atoms with Crippen molar-refractivity contribution in [3.05, 3.63) is 0 Å². The SMILES string of the molecule is CC(C)C(CS)COCCOC(C)(C)C. The van der Waals surface area contributed by atoms with E-state index in [0.29, 0.717) is 25.0 Å². The molecule has 2 nitrogen and oxygen atoms in total. The first-order valence-corrected chi connectivity index (χ1v) is 6.32. The van der Waals surface area contributed by atoms with Gasteiger partial charge in [-0.1, -0.05) is 13.8 Å². The molecular formula is C12H26O2S. The zero-order valence-electron chi connectivity index (χ0n) is 10.7. The number of hydrogen-bond acceptors (Lipinski definition) is 3. The molecule has 0 radical (unpaired) electrons. The van der Waals surface area contributed by atoms with Gasteiger partial charge in [0.15, 0.2) is 0 Å². The summed E-state index contributed by atoms with van der Waals surface area (Å²) < 4.78 is 11.1. The van der Waals surface area contributed by atoms with E-state index in [1.165, 1.54) is 0 Å². The Morgan fingerprint density at radius 1 is 1.13 bits per heavy atom. The molecule has 1 unspecified atom stereocenters. The summed E-state index contributed by atoms with van der Waals surface area (Å²) in [5.41, 5.74) is -0.0651. The molecule has 0 aromatic carbocycles. The predicted molar refractivity (Wildman–Crippen MR) is 68.7 cm³/mol. The van der Waals surface area contributed by atoms with E-state index in [-0.39, 0.29) is 5.60 Å². The molecule has 92 valence electrons. The van der Waals surface area contributed by atoms with Crippen LogP contribution in [0.25, 0.3) is 0 Å². The van der Waals surface area contributed by atoms with Gasteiger partial charge in [-0.3, -0.25) is 0 Å². The van der Waals surface area contributed by atoms with Crippen LogP contribution in [0.4, 0.5) is 0 Å². The van der Waals surface area contributed by atoms with E-state index in [1.54, 1.807) is 0 Å². The van der Waals surface area contributed by atoms with Gasteiger partial charge in [-0.05, 0) is 38.4 Å². The topological polar surface area (TPSA) is 18.5 Å². The van der Waals surface area contributed by atoms with Crippen molar-refractivity contribution in [1.82, 2.24) is 0 Å². The molecule has 0 fully saturated rings. The molecule has 3 heteroatoms. The van der Waals surface area contributed by atoms with Gasteiger partial charge in [0.2, 0.25) is 0 Å². The zero-order chi connectivity index (χ0) is 11.9. The van der Waals surface area contributed by atoms with E-state index in [1.807, 2.05) is 0 Å². The van der Waals surface area contributed by atoms with E-state index in [4.69, 9.17) is 9.47 Å². The third-order valence-electron chi connectivity index (χ3n) is 2.27. The van der Waals surface area contributed by atoms with E-state index in [9.17, 15) is 0 Å². The first-order chi connectivity index (χ1) is 6.87. The molecule has 0 rings (SSSR count). The molecule has 0 aromatic rings. The molecule has 0 aliphatic heterocycles. The molecule has 0 aromatic heterocycles. The Morgan fingerprint density at radius 3 is 2.13 bits per heavy atom. The van der Waals surface area contributed by atoms with Crippen molar-refractivity contribution in [1.29, 1.82) is 0 Å². The fourth-order valence-electron chi connectivity index (χ4n) is 1.10. The van der Waals surface area contributed by atoms with Crippen LogP contribution in [0.1, 0.15) is 34.6 Å². The quantitative estimate of drug-likeness (QED) is 0.539. The van der Waals surface area contributed by atoms with Crippen LogP contribution >= 0.6 is 12.6 Å². The third-order valence-corrected chi connectivity index (χ3v) is 2.74. The normalized spacial score (nSPS) is 14.6. The van der Waals surface area contributed by atoms with Crippen molar-refractivity contribution in [3.63, 3.8) is 0 Å². The molecular weight excluding hydrogens is 208 g/mol. The predicted octanol–water partition coefficient (Wildman–Crippen LogP) is 3.02. The molecule has 0 spiro atoms. The van der Waals surface area contributed by atoms with E-state index in [0.717, 1.165) is 12.4 Å². The van der Waals surface area contributed by atoms with Crippen molar-refractivity contribution in [2.75, 3.05) is 25.6 Å². The van der Waals surface area contributed by atoms with Crippen LogP contribution < -0.4 is 0 Å². The van der Waals surface area contributed by atoms with Gasteiger partial charge < -0.3 is 9.47 Å². The van der Waals surface area contributed by atoms with Gasteiger partial charge in [0.1, 0.15) is 0 Å². The Hall–Kier alpha value is 0.270. The first kappa shape index (κ1) is 15.3. The second kappa shape index (κ2) is 7.53. The van der Waals surface area contributed by atoms with Gasteiger partial charge in [-0.25, -0.2) is 0 Å². The van der Waals surface area contributed by atoms with Crippen molar-refractivity contribution in [2.45, 2.75) is 40.2 Å². The Balaban J connectivity index is 3.45. The highest BCUT2D eigenvalue weighted by atomic mass is 32.1. The summed E-state index contributed by atoms with van der Waals surface area (Å²) in [4.78, 5) is 0. The van der Waals surface area contributed by atoms with Gasteiger partial charge >= 0.3 is 0 Å². The summed E-state index contributed by atoms with van der Waals surface area (Å²) in [6, 6.07) is 0. The molecule has 0 saturated carbocycles. The lowest BCUT2D eigenvalue weighted by atomic mass is 9.99. The molecule has 0 heterocycles. The smallest absolute Gasteiger partial charge is 0.0707 e. The van der Waals surface area contributed by atoms with Gasteiger partial charge in [0.25, 0.3) is 0 Å². The van der Waals surface area contributed by atoms with Crippen molar-refractivity contribution < 1.29 is 9.47 Å². The highest BCUT2D eigenvalue weighted by Crippen LogP contribution is 2.12. The average molecular weight is 234 g/mol. The maximum absolute atomic E-state index is 5.57. The van der Waals surface area contributed by atoms with Crippen LogP contribution in [0.5, 0.6) is 0 Å². The lowest BCUT2D eigenvalue weighted by Crippen LogP contribution is -2.23. The van der Waals surface area contributed by atoms with Crippen molar-refractivity contribution in [3.8, 4) is 0 Å². The number of hydrogen-bond donors (Lipinski definition) is 1. The van der Waals surface area contributed by atoms with Crippen molar-refractivity contribution in [2.24, 2.45) is 11.8 Å². The number of ether oxygens (including phenoxy) is 2. The molecule has 15 heavy (non-hydrogen) atoms. The van der Waals surface area contributed by atoms with Crippen LogP contribution in [0, 0.1) is 11.8 Å². The van der Waals surface area contributed by atoms with Crippen LogP contribution in [0.15, 0.2) is 0 Å². The molecule has 0 aliphatic carbocycles. The molecule has 0 amide bonds. The summed E-state index contributed by atoms with van der Waals surface area (Å²) >= 11 is 4.31. The lowest BCUT2D eigenvalue weighted by molar-refractivity contribution is -0.0400. The van der Waals surface area contributed by atoms with E-state index >= 15 is 0 Å². The Morgan fingerprint density at radius 2 is 1.73 bits per heavy atom. The Labute approximate surface area is 100 Å². The van der Waals surface area contributed by atoms with Gasteiger partial charge in [-0.15, -0.1) is 0 Å². The average Bonchev–Trinajstić information content (AvgIpc) is 2.08. The summed E-state index contributed by atoms with van der Waals surface area (Å²) in [7, 11) is 0. The van der Waals surface area contributed by atoms with Crippen LogP contribution in [-0.2, 0) is 9.47 Å². The standard InChI is InChI=1S/C12H26O2S/c1-10(2)11(9-15)8-13-6-7-14-12(3,4)5/h10-11,15H,6-9H2,1-5H3. The molecule has 1 atom stereocenters. The highest BCUT2D eigenvalue weighted by molar-refractivity contribution is 7.80. The summed E-state index contributed by atoms with van der Waals surface area (Å²) in [5.74, 6) is 2.06. The minimum absolute atomic E-state index is 0.0651. The summed E-state index contributed by atoms with van der Waals surface area (Å²) in [6.45, 7) is 12.7. The van der Waals surface area contributed by atoms with Gasteiger partial charge in [0, 0.05) is 0 Å². The lowest BCUT2D eigenvalue weighted by Gasteiger charge is -2.21. The molecule has 0 aliphatic rings. The number of thiol groups is 1. The van der Waals surface area contributed by atoms with Crippen LogP contribution in [0.2, 0.25) is 0 Å². The van der Waals surface area contributed by atoms with E-state index < -0.39 is 0 Å². The molecule has 0 N–H and O–H groups in total. The van der Waals surface area contributed by atoms with Crippen molar-refractivity contribution >= 4 is 12.6 Å². The largest absolute Gasteiger partial charge is 0.379 e. The first-order valence-electron chi connectivity index (χ1n) is 5.69. The third kappa shape index (κ3) is 9.21. The van der Waals surface area contributed by atoms with Crippen LogP contribution in [0.3, 0.4) is 0 Å². The minimum Gasteiger partial charge on any atom is -0.379 e. The summed E-state index contributed by atoms with van der Waals surface area (Å²) in [6.07, 6.45) is 0. The Kier molecular flexibility index (Phi) is 7.66. The maximum atomic E-state index is 5.57. The monoisotopic (exact) mass is 234 g/mol. The van der Waals surface area contributed by atoms with Gasteiger partial charge in [-0.2, -0.15) is 12.6 Å². The Bertz CT molecular complexity index is 152. The van der Waals surface area contributed by atoms with Gasteiger partial charge in [0.05, 0.1) is 25.4 Å². The van der Waals surface area contributed by atoms with Crippen LogP contribution in [-0.4, -0.2) is 31.2 Å². The summed E-state index contributed by atoms with van der Waals surface area (Å²) in [5, 5.41) is 0. The highest BCUT2D eigenvalue weighted by Gasteiger charge is 2.12. The fraction of sp³-hybridized carbons (Fsp3) is 1.00.